The summed E-state index contributed by atoms with van der Waals surface area (Å²) in [5, 5.41) is 1.14. The highest BCUT2D eigenvalue weighted by Crippen LogP contribution is 2.23. The zero-order chi connectivity index (χ0) is 15.8. The van der Waals surface area contributed by atoms with Gasteiger partial charge in [0.15, 0.2) is 0 Å². The molecule has 114 valence electrons. The van der Waals surface area contributed by atoms with Gasteiger partial charge in [-0.3, -0.25) is 5.43 Å². The number of rotatable bonds is 2. The number of urea groups is 1. The molecule has 8 heteroatoms. The predicted octanol–water partition coefficient (Wildman–Crippen LogP) is 1.73. The smallest absolute Gasteiger partial charge is 0.298 e. The highest BCUT2D eigenvalue weighted by Gasteiger charge is 2.36. The van der Waals surface area contributed by atoms with Gasteiger partial charge in [0.1, 0.15) is 10.7 Å². The molecule has 0 radical (unpaired) electrons. The van der Waals surface area contributed by atoms with E-state index < -0.39 is 32.3 Å². The van der Waals surface area contributed by atoms with Crippen molar-refractivity contribution in [1.29, 1.82) is 0 Å². The molecule has 0 aliphatic carbocycles. The molecular formula is C13H16FN3O3S. The van der Waals surface area contributed by atoms with Gasteiger partial charge in [-0.2, -0.15) is 0 Å². The van der Waals surface area contributed by atoms with Crippen LogP contribution in [0.2, 0.25) is 0 Å². The van der Waals surface area contributed by atoms with E-state index >= 15 is 0 Å². The van der Waals surface area contributed by atoms with E-state index in [-0.39, 0.29) is 0 Å². The van der Waals surface area contributed by atoms with Crippen molar-refractivity contribution in [2.24, 2.45) is 0 Å². The average Bonchev–Trinajstić information content (AvgIpc) is 2.62. The quantitative estimate of drug-likeness (QED) is 0.871. The van der Waals surface area contributed by atoms with Crippen LogP contribution >= 0.6 is 0 Å². The Morgan fingerprint density at radius 2 is 1.95 bits per heavy atom. The molecule has 2 N–H and O–H groups in total. The second-order valence-corrected chi connectivity index (χ2v) is 6.92. The zero-order valence-corrected chi connectivity index (χ0v) is 12.7. The van der Waals surface area contributed by atoms with Gasteiger partial charge in [0.2, 0.25) is 0 Å². The van der Waals surface area contributed by atoms with E-state index in [0.717, 1.165) is 22.8 Å². The number of hydrazine groups is 1. The highest BCUT2D eigenvalue weighted by molar-refractivity contribution is 7.90. The maximum Gasteiger partial charge on any atom is 0.350 e. The number of benzene rings is 1. The van der Waals surface area contributed by atoms with Crippen molar-refractivity contribution in [2.45, 2.75) is 31.2 Å². The molecule has 21 heavy (non-hydrogen) atoms. The first kappa shape index (κ1) is 15.3. The molecule has 0 atom stereocenters. The first-order chi connectivity index (χ1) is 9.63. The topological polar surface area (TPSA) is 78.5 Å². The van der Waals surface area contributed by atoms with Crippen LogP contribution < -0.4 is 10.1 Å². The molecule has 1 aromatic carbocycles. The summed E-state index contributed by atoms with van der Waals surface area (Å²) >= 11 is 0. The number of hydrogen-bond donors (Lipinski definition) is 2. The van der Waals surface area contributed by atoms with Crippen LogP contribution in [0, 0.1) is 5.82 Å². The first-order valence-electron chi connectivity index (χ1n) is 6.21. The van der Waals surface area contributed by atoms with Gasteiger partial charge in [0, 0.05) is 5.70 Å². The molecule has 0 saturated heterocycles. The van der Waals surface area contributed by atoms with E-state index in [1.807, 2.05) is 4.72 Å². The van der Waals surface area contributed by atoms with E-state index in [9.17, 15) is 17.6 Å². The lowest BCUT2D eigenvalue weighted by atomic mass is 10.1. The molecule has 0 bridgehead atoms. The van der Waals surface area contributed by atoms with Gasteiger partial charge < -0.3 is 0 Å². The molecule has 0 spiro atoms. The number of carbonyl (C=O) groups excluding carboxylic acids is 1. The second kappa shape index (κ2) is 5.03. The normalized spacial score (nSPS) is 17.1. The summed E-state index contributed by atoms with van der Waals surface area (Å²) in [4.78, 5) is 11.6. The predicted molar refractivity (Wildman–Crippen MR) is 74.9 cm³/mol. The largest absolute Gasteiger partial charge is 0.350 e. The lowest BCUT2D eigenvalue weighted by Gasteiger charge is -2.30. The number of hydrogen-bond acceptors (Lipinski definition) is 4. The lowest BCUT2D eigenvalue weighted by molar-refractivity contribution is 0.149. The van der Waals surface area contributed by atoms with Crippen molar-refractivity contribution >= 4 is 16.1 Å². The van der Waals surface area contributed by atoms with E-state index in [1.54, 1.807) is 26.8 Å². The van der Waals surface area contributed by atoms with Crippen LogP contribution in [0.25, 0.3) is 0 Å². The summed E-state index contributed by atoms with van der Waals surface area (Å²) in [5.74, 6) is -0.916. The number of sulfonamides is 1. The van der Waals surface area contributed by atoms with Gasteiger partial charge in [0.05, 0.1) is 5.54 Å². The van der Waals surface area contributed by atoms with Crippen LogP contribution in [0.4, 0.5) is 9.18 Å². The van der Waals surface area contributed by atoms with Gasteiger partial charge in [-0.05, 0) is 39.0 Å². The van der Waals surface area contributed by atoms with Crippen molar-refractivity contribution in [2.75, 3.05) is 0 Å². The molecule has 1 heterocycles. The molecule has 1 aliphatic rings. The molecule has 1 aliphatic heterocycles. The fourth-order valence-electron chi connectivity index (χ4n) is 2.14. The first-order valence-corrected chi connectivity index (χ1v) is 7.69. The summed E-state index contributed by atoms with van der Waals surface area (Å²) in [6, 6.07) is 3.98. The molecule has 1 aromatic rings. The third-order valence-corrected chi connectivity index (χ3v) is 4.34. The minimum atomic E-state index is -4.27. The van der Waals surface area contributed by atoms with Gasteiger partial charge in [0.25, 0.3) is 10.0 Å². The van der Waals surface area contributed by atoms with Gasteiger partial charge >= 0.3 is 6.03 Å². The van der Waals surface area contributed by atoms with Crippen molar-refractivity contribution in [3.63, 3.8) is 0 Å². The summed E-state index contributed by atoms with van der Waals surface area (Å²) in [6.07, 6.45) is 1.78. The number of carbonyl (C=O) groups is 1. The Kier molecular flexibility index (Phi) is 3.66. The van der Waals surface area contributed by atoms with Gasteiger partial charge in [-0.25, -0.2) is 27.3 Å². The Morgan fingerprint density at radius 3 is 2.48 bits per heavy atom. The minimum absolute atomic E-state index is 0.569. The maximum atomic E-state index is 13.6. The summed E-state index contributed by atoms with van der Waals surface area (Å²) in [5.41, 5.74) is 2.78. The summed E-state index contributed by atoms with van der Waals surface area (Å²) in [7, 11) is -4.27. The van der Waals surface area contributed by atoms with Crippen LogP contribution in [0.15, 0.2) is 40.9 Å². The van der Waals surface area contributed by atoms with Crippen molar-refractivity contribution in [1.82, 2.24) is 15.2 Å². The Hall–Kier alpha value is -2.09. The van der Waals surface area contributed by atoms with E-state index in [0.29, 0.717) is 0 Å². The second-order valence-electron chi connectivity index (χ2n) is 5.27. The Labute approximate surface area is 122 Å². The average molecular weight is 313 g/mol. The highest BCUT2D eigenvalue weighted by atomic mass is 32.2. The standard InChI is InChI=1S/C13H16FN3O3S/c1-9-8-13(2,3)17(15-9)12(18)16-21(19,20)11-7-5-4-6-10(11)14/h4-8,15H,1-3H3,(H,16,18). The van der Waals surface area contributed by atoms with Gasteiger partial charge in [-0.1, -0.05) is 12.1 Å². The Morgan fingerprint density at radius 1 is 1.33 bits per heavy atom. The molecule has 0 unspecified atom stereocenters. The number of amides is 2. The fourth-order valence-corrected chi connectivity index (χ4v) is 3.15. The van der Waals surface area contributed by atoms with E-state index in [4.69, 9.17) is 0 Å². The maximum absolute atomic E-state index is 13.6. The molecule has 0 saturated carbocycles. The van der Waals surface area contributed by atoms with Crippen LogP contribution in [0.1, 0.15) is 20.8 Å². The molecule has 6 nitrogen and oxygen atoms in total. The lowest BCUT2D eigenvalue weighted by Crippen LogP contribution is -2.54. The zero-order valence-electron chi connectivity index (χ0n) is 11.8. The van der Waals surface area contributed by atoms with Gasteiger partial charge in [-0.15, -0.1) is 0 Å². The Bertz CT molecular complexity index is 713. The number of nitrogens with one attached hydrogen (secondary N) is 2. The van der Waals surface area contributed by atoms with Crippen LogP contribution in [-0.2, 0) is 10.0 Å². The van der Waals surface area contributed by atoms with Crippen LogP contribution in [0.5, 0.6) is 0 Å². The minimum Gasteiger partial charge on any atom is -0.298 e. The van der Waals surface area contributed by atoms with Crippen molar-refractivity contribution in [3.8, 4) is 0 Å². The summed E-state index contributed by atoms with van der Waals surface area (Å²) < 4.78 is 39.6. The fraction of sp³-hybridized carbons (Fsp3) is 0.308. The van der Waals surface area contributed by atoms with Crippen molar-refractivity contribution < 1.29 is 17.6 Å². The number of halogens is 1. The molecule has 2 amide bonds. The van der Waals surface area contributed by atoms with Crippen molar-refractivity contribution in [3.05, 3.63) is 41.9 Å². The molecule has 0 aromatic heterocycles. The third kappa shape index (κ3) is 2.99. The molecular weight excluding hydrogens is 297 g/mol. The third-order valence-electron chi connectivity index (χ3n) is 2.99. The molecule has 2 rings (SSSR count). The van der Waals surface area contributed by atoms with Crippen LogP contribution in [0.3, 0.4) is 0 Å². The van der Waals surface area contributed by atoms with E-state index in [2.05, 4.69) is 5.43 Å². The SMILES string of the molecule is CC1=CC(C)(C)N(C(=O)NS(=O)(=O)c2ccccc2F)N1. The number of allylic oxidation sites excluding steroid dienone is 1. The molecule has 0 fully saturated rings. The van der Waals surface area contributed by atoms with Crippen LogP contribution in [-0.4, -0.2) is 25.0 Å². The van der Waals surface area contributed by atoms with E-state index in [1.165, 1.54) is 12.1 Å². The monoisotopic (exact) mass is 313 g/mol. The number of nitrogens with zero attached hydrogens (tertiary/aromatic N) is 1. The summed E-state index contributed by atoms with van der Waals surface area (Å²) in [6.45, 7) is 5.23. The Balaban J connectivity index is 2.23.